The lowest BCUT2D eigenvalue weighted by atomic mass is 10.1. The number of rotatable bonds is 8. The molecule has 142 valence electrons. The molecular weight excluding hydrogens is 370 g/mol. The lowest BCUT2D eigenvalue weighted by molar-refractivity contribution is -0.111. The van der Waals surface area contributed by atoms with Gasteiger partial charge in [-0.1, -0.05) is 60.1 Å². The number of carbonyl (C=O) groups is 1. The third-order valence-electron chi connectivity index (χ3n) is 4.12. The van der Waals surface area contributed by atoms with E-state index in [0.29, 0.717) is 17.3 Å². The molecule has 0 atom stereocenters. The third kappa shape index (κ3) is 6.60. The van der Waals surface area contributed by atoms with Gasteiger partial charge >= 0.3 is 0 Å². The van der Waals surface area contributed by atoms with Gasteiger partial charge in [0.1, 0.15) is 5.75 Å². The Bertz CT molecular complexity index is 921. The Morgan fingerprint density at radius 1 is 0.964 bits per heavy atom. The van der Waals surface area contributed by atoms with Crippen molar-refractivity contribution in [2.45, 2.75) is 12.8 Å². The number of hydrogen-bond donors (Lipinski definition) is 1. The zero-order valence-corrected chi connectivity index (χ0v) is 16.2. The average Bonchev–Trinajstić information content (AvgIpc) is 2.72. The maximum atomic E-state index is 12.1. The van der Waals surface area contributed by atoms with Gasteiger partial charge in [0.05, 0.1) is 6.61 Å². The second kappa shape index (κ2) is 10.3. The molecule has 0 fully saturated rings. The van der Waals surface area contributed by atoms with Crippen molar-refractivity contribution < 1.29 is 9.53 Å². The van der Waals surface area contributed by atoms with Crippen molar-refractivity contribution in [2.75, 3.05) is 11.9 Å². The normalized spacial score (nSPS) is 10.8. The Balaban J connectivity index is 1.47. The number of benzene rings is 3. The van der Waals surface area contributed by atoms with Gasteiger partial charge in [0.2, 0.25) is 5.91 Å². The number of hydrogen-bond acceptors (Lipinski definition) is 2. The summed E-state index contributed by atoms with van der Waals surface area (Å²) in [6.07, 6.45) is 5.16. The van der Waals surface area contributed by atoms with E-state index in [1.807, 2.05) is 54.6 Å². The van der Waals surface area contributed by atoms with Crippen LogP contribution in [0.4, 0.5) is 5.69 Å². The maximum Gasteiger partial charge on any atom is 0.248 e. The average molecular weight is 392 g/mol. The largest absolute Gasteiger partial charge is 0.494 e. The van der Waals surface area contributed by atoms with Crippen molar-refractivity contribution in [3.63, 3.8) is 0 Å². The first-order valence-corrected chi connectivity index (χ1v) is 9.58. The number of ether oxygens (including phenoxy) is 1. The molecule has 3 nitrogen and oxygen atoms in total. The topological polar surface area (TPSA) is 38.3 Å². The van der Waals surface area contributed by atoms with Gasteiger partial charge in [-0.05, 0) is 54.3 Å². The van der Waals surface area contributed by atoms with Crippen LogP contribution in [0.25, 0.3) is 6.08 Å². The van der Waals surface area contributed by atoms with E-state index in [1.165, 1.54) is 11.6 Å². The molecular formula is C24H22ClNO2. The highest BCUT2D eigenvalue weighted by atomic mass is 35.5. The highest BCUT2D eigenvalue weighted by molar-refractivity contribution is 6.30. The monoisotopic (exact) mass is 391 g/mol. The van der Waals surface area contributed by atoms with Crippen molar-refractivity contribution >= 4 is 29.3 Å². The number of nitrogens with one attached hydrogen (secondary N) is 1. The first-order valence-electron chi connectivity index (χ1n) is 9.20. The molecule has 0 aliphatic carbocycles. The minimum Gasteiger partial charge on any atom is -0.494 e. The van der Waals surface area contributed by atoms with E-state index in [2.05, 4.69) is 17.4 Å². The van der Waals surface area contributed by atoms with E-state index in [-0.39, 0.29) is 5.91 Å². The Hall–Kier alpha value is -3.04. The number of amides is 1. The standard InChI is InChI=1S/C24H22ClNO2/c25-21-14-11-20(12-15-21)13-16-24(27)26-22-9-4-10-23(18-22)28-17-5-8-19-6-2-1-3-7-19/h1-4,6-7,9-16,18H,5,8,17H2,(H,26,27)/b16-13+. The summed E-state index contributed by atoms with van der Waals surface area (Å²) in [4.78, 5) is 12.1. The molecule has 0 saturated carbocycles. The summed E-state index contributed by atoms with van der Waals surface area (Å²) in [6.45, 7) is 0.628. The number of anilines is 1. The van der Waals surface area contributed by atoms with Crippen LogP contribution in [0, 0.1) is 0 Å². The second-order valence-electron chi connectivity index (χ2n) is 6.34. The highest BCUT2D eigenvalue weighted by Gasteiger charge is 2.01. The fourth-order valence-corrected chi connectivity index (χ4v) is 2.83. The lowest BCUT2D eigenvalue weighted by Gasteiger charge is -2.08. The van der Waals surface area contributed by atoms with Crippen LogP contribution in [0.3, 0.4) is 0 Å². The molecule has 1 amide bonds. The molecule has 3 rings (SSSR count). The molecule has 1 N–H and O–H groups in total. The number of carbonyl (C=O) groups excluding carboxylic acids is 1. The minimum absolute atomic E-state index is 0.198. The predicted octanol–water partition coefficient (Wildman–Crippen LogP) is 6.00. The van der Waals surface area contributed by atoms with E-state index in [1.54, 1.807) is 18.2 Å². The molecule has 0 bridgehead atoms. The van der Waals surface area contributed by atoms with E-state index >= 15 is 0 Å². The summed E-state index contributed by atoms with van der Waals surface area (Å²) in [7, 11) is 0. The van der Waals surface area contributed by atoms with Crippen molar-refractivity contribution in [1.82, 2.24) is 0 Å². The van der Waals surface area contributed by atoms with Crippen molar-refractivity contribution in [3.8, 4) is 5.75 Å². The molecule has 0 spiro atoms. The predicted molar refractivity (Wildman–Crippen MR) is 116 cm³/mol. The van der Waals surface area contributed by atoms with E-state index in [4.69, 9.17) is 16.3 Å². The number of halogens is 1. The van der Waals surface area contributed by atoms with Crippen LogP contribution in [0.1, 0.15) is 17.5 Å². The molecule has 0 aliphatic rings. The first kappa shape index (κ1) is 19.7. The summed E-state index contributed by atoms with van der Waals surface area (Å²) < 4.78 is 5.81. The van der Waals surface area contributed by atoms with Crippen molar-refractivity contribution in [3.05, 3.63) is 101 Å². The Morgan fingerprint density at radius 3 is 2.54 bits per heavy atom. The van der Waals surface area contributed by atoms with Gasteiger partial charge in [0, 0.05) is 22.9 Å². The Morgan fingerprint density at radius 2 is 1.75 bits per heavy atom. The summed E-state index contributed by atoms with van der Waals surface area (Å²) in [5.74, 6) is 0.545. The molecule has 0 saturated heterocycles. The van der Waals surface area contributed by atoms with Crippen LogP contribution >= 0.6 is 11.6 Å². The van der Waals surface area contributed by atoms with Gasteiger partial charge in [-0.2, -0.15) is 0 Å². The summed E-state index contributed by atoms with van der Waals surface area (Å²) >= 11 is 5.86. The van der Waals surface area contributed by atoms with Gasteiger partial charge in [-0.15, -0.1) is 0 Å². The van der Waals surface area contributed by atoms with Crippen LogP contribution in [-0.4, -0.2) is 12.5 Å². The molecule has 0 aliphatic heterocycles. The zero-order chi connectivity index (χ0) is 19.6. The van der Waals surface area contributed by atoms with Crippen LogP contribution in [0.15, 0.2) is 84.9 Å². The highest BCUT2D eigenvalue weighted by Crippen LogP contribution is 2.18. The van der Waals surface area contributed by atoms with Gasteiger partial charge in [0.15, 0.2) is 0 Å². The molecule has 0 heterocycles. The Kier molecular flexibility index (Phi) is 7.28. The van der Waals surface area contributed by atoms with E-state index in [9.17, 15) is 4.79 Å². The molecule has 3 aromatic rings. The van der Waals surface area contributed by atoms with Crippen LogP contribution in [0.5, 0.6) is 5.75 Å². The molecule has 0 aromatic heterocycles. The van der Waals surface area contributed by atoms with Gasteiger partial charge in [-0.3, -0.25) is 4.79 Å². The van der Waals surface area contributed by atoms with Crippen LogP contribution in [-0.2, 0) is 11.2 Å². The Labute approximate surface area is 170 Å². The van der Waals surface area contributed by atoms with Crippen LogP contribution < -0.4 is 10.1 Å². The minimum atomic E-state index is -0.198. The van der Waals surface area contributed by atoms with Crippen LogP contribution in [0.2, 0.25) is 5.02 Å². The third-order valence-corrected chi connectivity index (χ3v) is 4.37. The molecule has 3 aromatic carbocycles. The smallest absolute Gasteiger partial charge is 0.248 e. The van der Waals surface area contributed by atoms with Gasteiger partial charge in [-0.25, -0.2) is 0 Å². The van der Waals surface area contributed by atoms with E-state index < -0.39 is 0 Å². The molecule has 0 unspecified atom stereocenters. The van der Waals surface area contributed by atoms with Crippen molar-refractivity contribution in [1.29, 1.82) is 0 Å². The maximum absolute atomic E-state index is 12.1. The lowest BCUT2D eigenvalue weighted by Crippen LogP contribution is -2.08. The van der Waals surface area contributed by atoms with Gasteiger partial charge < -0.3 is 10.1 Å². The zero-order valence-electron chi connectivity index (χ0n) is 15.5. The van der Waals surface area contributed by atoms with Gasteiger partial charge in [0.25, 0.3) is 0 Å². The SMILES string of the molecule is O=C(/C=C/c1ccc(Cl)cc1)Nc1cccc(OCCCc2ccccc2)c1. The summed E-state index contributed by atoms with van der Waals surface area (Å²) in [5, 5.41) is 3.52. The summed E-state index contributed by atoms with van der Waals surface area (Å²) in [5.41, 5.74) is 2.92. The molecule has 28 heavy (non-hydrogen) atoms. The second-order valence-corrected chi connectivity index (χ2v) is 6.78. The fourth-order valence-electron chi connectivity index (χ4n) is 2.70. The first-order chi connectivity index (χ1) is 13.7. The van der Waals surface area contributed by atoms with Crippen molar-refractivity contribution in [2.24, 2.45) is 0 Å². The number of aryl methyl sites for hydroxylation is 1. The quantitative estimate of drug-likeness (QED) is 0.377. The fraction of sp³-hybridized carbons (Fsp3) is 0.125. The molecule has 4 heteroatoms. The molecule has 0 radical (unpaired) electrons. The summed E-state index contributed by atoms with van der Waals surface area (Å²) in [6, 6.07) is 25.1. The van der Waals surface area contributed by atoms with E-state index in [0.717, 1.165) is 24.2 Å².